The minimum Gasteiger partial charge on any atom is -0.494 e. The molecule has 0 fully saturated rings. The van der Waals surface area contributed by atoms with Crippen molar-refractivity contribution in [3.8, 4) is 5.75 Å². The zero-order valence-corrected chi connectivity index (χ0v) is 13.2. The van der Waals surface area contributed by atoms with Gasteiger partial charge in [0.25, 0.3) is 5.91 Å². The third-order valence-electron chi connectivity index (χ3n) is 3.46. The van der Waals surface area contributed by atoms with Gasteiger partial charge in [-0.05, 0) is 43.7 Å². The van der Waals surface area contributed by atoms with Crippen LogP contribution in [0.1, 0.15) is 23.6 Å². The lowest BCUT2D eigenvalue weighted by Gasteiger charge is -2.03. The van der Waals surface area contributed by atoms with Crippen LogP contribution in [0.15, 0.2) is 59.2 Å². The van der Waals surface area contributed by atoms with Crippen LogP contribution in [-0.4, -0.2) is 18.3 Å². The van der Waals surface area contributed by atoms with E-state index in [1.807, 2.05) is 62.4 Å². The normalized spacial score (nSPS) is 15.5. The SMILES string of the molecule is CCOc1cccc(/C=C2/N=C(c3cccc(C)c3)NC2=O)c1. The number of aliphatic imine (C=N–C) groups is 1. The quantitative estimate of drug-likeness (QED) is 0.881. The van der Waals surface area contributed by atoms with E-state index in [0.29, 0.717) is 18.1 Å². The van der Waals surface area contributed by atoms with Crippen molar-refractivity contribution in [1.82, 2.24) is 5.32 Å². The molecule has 0 unspecified atom stereocenters. The van der Waals surface area contributed by atoms with Gasteiger partial charge in [-0.25, -0.2) is 4.99 Å². The van der Waals surface area contributed by atoms with Crippen molar-refractivity contribution >= 4 is 17.8 Å². The Morgan fingerprint density at radius 3 is 2.78 bits per heavy atom. The highest BCUT2D eigenvalue weighted by molar-refractivity contribution is 6.19. The van der Waals surface area contributed by atoms with Gasteiger partial charge in [0.1, 0.15) is 17.3 Å². The average Bonchev–Trinajstić information content (AvgIpc) is 2.89. The van der Waals surface area contributed by atoms with Crippen molar-refractivity contribution in [1.29, 1.82) is 0 Å². The van der Waals surface area contributed by atoms with Crippen molar-refractivity contribution in [3.05, 3.63) is 70.9 Å². The lowest BCUT2D eigenvalue weighted by molar-refractivity contribution is -0.115. The number of aryl methyl sites for hydroxylation is 1. The maximum atomic E-state index is 12.1. The smallest absolute Gasteiger partial charge is 0.275 e. The number of carbonyl (C=O) groups is 1. The summed E-state index contributed by atoms with van der Waals surface area (Å²) >= 11 is 0. The summed E-state index contributed by atoms with van der Waals surface area (Å²) in [4.78, 5) is 16.6. The molecule has 1 heterocycles. The molecule has 0 atom stereocenters. The van der Waals surface area contributed by atoms with E-state index >= 15 is 0 Å². The van der Waals surface area contributed by atoms with E-state index in [9.17, 15) is 4.79 Å². The van der Waals surface area contributed by atoms with E-state index in [1.165, 1.54) is 0 Å². The van der Waals surface area contributed by atoms with Gasteiger partial charge in [-0.2, -0.15) is 0 Å². The molecule has 4 heteroatoms. The molecule has 0 bridgehead atoms. The van der Waals surface area contributed by atoms with Crippen molar-refractivity contribution in [2.75, 3.05) is 6.61 Å². The van der Waals surface area contributed by atoms with Gasteiger partial charge in [0, 0.05) is 5.56 Å². The summed E-state index contributed by atoms with van der Waals surface area (Å²) in [5.74, 6) is 1.18. The van der Waals surface area contributed by atoms with E-state index in [4.69, 9.17) is 4.74 Å². The Morgan fingerprint density at radius 1 is 1.17 bits per heavy atom. The molecule has 0 saturated heterocycles. The topological polar surface area (TPSA) is 50.7 Å². The maximum absolute atomic E-state index is 12.1. The van der Waals surface area contributed by atoms with Crippen LogP contribution in [-0.2, 0) is 4.79 Å². The lowest BCUT2D eigenvalue weighted by Crippen LogP contribution is -2.24. The monoisotopic (exact) mass is 306 g/mol. The second kappa shape index (κ2) is 6.48. The van der Waals surface area contributed by atoms with Gasteiger partial charge in [-0.15, -0.1) is 0 Å². The molecule has 116 valence electrons. The fourth-order valence-corrected chi connectivity index (χ4v) is 2.42. The molecule has 1 amide bonds. The number of benzene rings is 2. The molecule has 0 radical (unpaired) electrons. The lowest BCUT2D eigenvalue weighted by atomic mass is 10.1. The number of nitrogens with zero attached hydrogens (tertiary/aromatic N) is 1. The van der Waals surface area contributed by atoms with Crippen LogP contribution in [0, 0.1) is 6.92 Å². The zero-order chi connectivity index (χ0) is 16.2. The van der Waals surface area contributed by atoms with Crippen LogP contribution < -0.4 is 10.1 Å². The van der Waals surface area contributed by atoms with Crippen molar-refractivity contribution in [3.63, 3.8) is 0 Å². The number of ether oxygens (including phenoxy) is 1. The van der Waals surface area contributed by atoms with Crippen LogP contribution in [0.5, 0.6) is 5.75 Å². The fraction of sp³-hybridized carbons (Fsp3) is 0.158. The number of hydrogen-bond donors (Lipinski definition) is 1. The molecule has 2 aromatic carbocycles. The first kappa shape index (κ1) is 15.0. The van der Waals surface area contributed by atoms with Crippen molar-refractivity contribution < 1.29 is 9.53 Å². The number of carbonyl (C=O) groups excluding carboxylic acids is 1. The van der Waals surface area contributed by atoms with Gasteiger partial charge in [0.2, 0.25) is 0 Å². The van der Waals surface area contributed by atoms with Gasteiger partial charge >= 0.3 is 0 Å². The first-order chi connectivity index (χ1) is 11.2. The number of nitrogens with one attached hydrogen (secondary N) is 1. The van der Waals surface area contributed by atoms with Crippen molar-refractivity contribution in [2.45, 2.75) is 13.8 Å². The van der Waals surface area contributed by atoms with Crippen molar-refractivity contribution in [2.24, 2.45) is 4.99 Å². The molecule has 3 rings (SSSR count). The minimum atomic E-state index is -0.191. The third kappa shape index (κ3) is 3.48. The van der Waals surface area contributed by atoms with E-state index in [2.05, 4.69) is 10.3 Å². The number of hydrogen-bond acceptors (Lipinski definition) is 3. The first-order valence-electron chi connectivity index (χ1n) is 7.57. The Labute approximate surface area is 135 Å². The van der Waals surface area contributed by atoms with E-state index in [1.54, 1.807) is 6.08 Å². The second-order valence-electron chi connectivity index (χ2n) is 5.32. The van der Waals surface area contributed by atoms with Gasteiger partial charge < -0.3 is 10.1 Å². The fourth-order valence-electron chi connectivity index (χ4n) is 2.42. The van der Waals surface area contributed by atoms with Crippen LogP contribution in [0.4, 0.5) is 0 Å². The molecule has 0 saturated carbocycles. The average molecular weight is 306 g/mol. The molecule has 23 heavy (non-hydrogen) atoms. The molecule has 4 nitrogen and oxygen atoms in total. The molecular formula is C19H18N2O2. The predicted octanol–water partition coefficient (Wildman–Crippen LogP) is 3.31. The summed E-state index contributed by atoms with van der Waals surface area (Å²) in [6.07, 6.45) is 1.76. The van der Waals surface area contributed by atoms with Crippen LogP contribution in [0.2, 0.25) is 0 Å². The summed E-state index contributed by atoms with van der Waals surface area (Å²) in [6, 6.07) is 15.5. The molecular weight excluding hydrogens is 288 g/mol. The van der Waals surface area contributed by atoms with E-state index < -0.39 is 0 Å². The van der Waals surface area contributed by atoms with E-state index in [-0.39, 0.29) is 5.91 Å². The summed E-state index contributed by atoms with van der Waals surface area (Å²) in [7, 11) is 0. The Balaban J connectivity index is 1.90. The number of amidine groups is 1. The molecule has 1 N–H and O–H groups in total. The van der Waals surface area contributed by atoms with Gasteiger partial charge in [-0.1, -0.05) is 35.9 Å². The van der Waals surface area contributed by atoms with Gasteiger partial charge in [-0.3, -0.25) is 4.79 Å². The third-order valence-corrected chi connectivity index (χ3v) is 3.46. The van der Waals surface area contributed by atoms with Crippen LogP contribution in [0.3, 0.4) is 0 Å². The minimum absolute atomic E-state index is 0.191. The largest absolute Gasteiger partial charge is 0.494 e. The molecule has 0 spiro atoms. The number of rotatable bonds is 4. The summed E-state index contributed by atoms with van der Waals surface area (Å²) in [5, 5.41) is 2.82. The number of amides is 1. The highest BCUT2D eigenvalue weighted by Gasteiger charge is 2.21. The Kier molecular flexibility index (Phi) is 4.24. The summed E-state index contributed by atoms with van der Waals surface area (Å²) in [5.41, 5.74) is 3.32. The van der Waals surface area contributed by atoms with Gasteiger partial charge in [0.15, 0.2) is 0 Å². The zero-order valence-electron chi connectivity index (χ0n) is 13.2. The standard InChI is InChI=1S/C19H18N2O2/c1-3-23-16-9-5-7-14(11-16)12-17-19(22)21-18(20-17)15-8-4-6-13(2)10-15/h4-12H,3H2,1-2H3,(H,20,21,22)/b17-12+. The molecule has 0 aliphatic carbocycles. The summed E-state index contributed by atoms with van der Waals surface area (Å²) in [6.45, 7) is 4.56. The Morgan fingerprint density at radius 2 is 2.00 bits per heavy atom. The molecule has 0 aromatic heterocycles. The highest BCUT2D eigenvalue weighted by Crippen LogP contribution is 2.19. The Hall–Kier alpha value is -2.88. The predicted molar refractivity (Wildman–Crippen MR) is 91.4 cm³/mol. The molecule has 1 aliphatic rings. The molecule has 1 aliphatic heterocycles. The summed E-state index contributed by atoms with van der Waals surface area (Å²) < 4.78 is 5.48. The van der Waals surface area contributed by atoms with Gasteiger partial charge in [0.05, 0.1) is 6.61 Å². The highest BCUT2D eigenvalue weighted by atomic mass is 16.5. The molecule has 2 aromatic rings. The maximum Gasteiger partial charge on any atom is 0.275 e. The van der Waals surface area contributed by atoms with Crippen LogP contribution in [0.25, 0.3) is 6.08 Å². The van der Waals surface area contributed by atoms with Crippen LogP contribution >= 0.6 is 0 Å². The second-order valence-corrected chi connectivity index (χ2v) is 5.32. The first-order valence-corrected chi connectivity index (χ1v) is 7.57. The Bertz CT molecular complexity index is 807. The van der Waals surface area contributed by atoms with E-state index in [0.717, 1.165) is 22.4 Å².